The Labute approximate surface area is 127 Å². The molecule has 0 aliphatic carbocycles. The molecule has 0 aromatic heterocycles. The molecular formula is C15H25ClN2O2. The van der Waals surface area contributed by atoms with Gasteiger partial charge in [0.25, 0.3) is 0 Å². The molecule has 5 heteroatoms. The smallest absolute Gasteiger partial charge is 0.224 e. The van der Waals surface area contributed by atoms with Gasteiger partial charge >= 0.3 is 0 Å². The van der Waals surface area contributed by atoms with E-state index < -0.39 is 0 Å². The molecule has 1 aromatic rings. The molecule has 4 nitrogen and oxygen atoms in total. The van der Waals surface area contributed by atoms with Gasteiger partial charge in [0.1, 0.15) is 0 Å². The van der Waals surface area contributed by atoms with Crippen LogP contribution in [0.1, 0.15) is 25.0 Å². The number of carbonyl (C=O) groups is 1. The minimum absolute atomic E-state index is 0. The molecule has 1 rings (SSSR count). The van der Waals surface area contributed by atoms with Gasteiger partial charge < -0.3 is 15.4 Å². The van der Waals surface area contributed by atoms with E-state index in [0.29, 0.717) is 26.3 Å². The van der Waals surface area contributed by atoms with Gasteiger partial charge in [0.05, 0.1) is 6.61 Å². The summed E-state index contributed by atoms with van der Waals surface area (Å²) in [7, 11) is 1.85. The van der Waals surface area contributed by atoms with Gasteiger partial charge in [0, 0.05) is 25.6 Å². The van der Waals surface area contributed by atoms with Crippen molar-refractivity contribution in [2.24, 2.45) is 5.92 Å². The van der Waals surface area contributed by atoms with Crippen LogP contribution in [-0.2, 0) is 22.7 Å². The molecule has 2 N–H and O–H groups in total. The van der Waals surface area contributed by atoms with Crippen LogP contribution < -0.4 is 10.6 Å². The Morgan fingerprint density at radius 2 is 1.95 bits per heavy atom. The first-order chi connectivity index (χ1) is 9.19. The van der Waals surface area contributed by atoms with Gasteiger partial charge in [-0.2, -0.15) is 0 Å². The molecule has 0 heterocycles. The highest BCUT2D eigenvalue weighted by Crippen LogP contribution is 2.10. The molecule has 0 radical (unpaired) electrons. The SMILES string of the molecule is CCOCc1ccccc1CNC(=O)C(C)CNC.Cl. The van der Waals surface area contributed by atoms with Gasteiger partial charge in [-0.05, 0) is 25.1 Å². The number of hydrogen-bond acceptors (Lipinski definition) is 3. The second-order valence-corrected chi connectivity index (χ2v) is 4.58. The Morgan fingerprint density at radius 3 is 2.55 bits per heavy atom. The minimum atomic E-state index is -0.0240. The van der Waals surface area contributed by atoms with E-state index in [0.717, 1.165) is 11.1 Å². The number of carbonyl (C=O) groups excluding carboxylic acids is 1. The monoisotopic (exact) mass is 300 g/mol. The summed E-state index contributed by atoms with van der Waals surface area (Å²) in [5.41, 5.74) is 2.24. The largest absolute Gasteiger partial charge is 0.377 e. The Kier molecular flexibility index (Phi) is 10.1. The van der Waals surface area contributed by atoms with Crippen molar-refractivity contribution in [3.8, 4) is 0 Å². The molecule has 114 valence electrons. The van der Waals surface area contributed by atoms with Crippen LogP contribution >= 0.6 is 12.4 Å². The van der Waals surface area contributed by atoms with Crippen molar-refractivity contribution in [3.05, 3.63) is 35.4 Å². The van der Waals surface area contributed by atoms with Crippen LogP contribution in [0.4, 0.5) is 0 Å². The molecule has 1 unspecified atom stereocenters. The molecule has 0 bridgehead atoms. The summed E-state index contributed by atoms with van der Waals surface area (Å²) < 4.78 is 5.43. The number of hydrogen-bond donors (Lipinski definition) is 2. The molecule has 20 heavy (non-hydrogen) atoms. The highest BCUT2D eigenvalue weighted by atomic mass is 35.5. The zero-order chi connectivity index (χ0) is 14.1. The summed E-state index contributed by atoms with van der Waals surface area (Å²) in [6.45, 7) is 6.42. The number of ether oxygens (including phenoxy) is 1. The van der Waals surface area contributed by atoms with Crippen LogP contribution in [0, 0.1) is 5.92 Å². The fourth-order valence-corrected chi connectivity index (χ4v) is 1.84. The van der Waals surface area contributed by atoms with Gasteiger partial charge in [-0.25, -0.2) is 0 Å². The lowest BCUT2D eigenvalue weighted by Crippen LogP contribution is -2.34. The van der Waals surface area contributed by atoms with Gasteiger partial charge in [0.2, 0.25) is 5.91 Å². The summed E-state index contributed by atoms with van der Waals surface area (Å²) in [6.07, 6.45) is 0. The molecule has 0 aliphatic rings. The van der Waals surface area contributed by atoms with E-state index in [1.807, 2.05) is 45.2 Å². The molecule has 0 spiro atoms. The molecule has 0 saturated carbocycles. The summed E-state index contributed by atoms with van der Waals surface area (Å²) in [5.74, 6) is 0.0459. The summed E-state index contributed by atoms with van der Waals surface area (Å²) in [4.78, 5) is 11.8. The Hall–Kier alpha value is -1.10. The lowest BCUT2D eigenvalue weighted by atomic mass is 10.1. The van der Waals surface area contributed by atoms with Gasteiger partial charge in [0.15, 0.2) is 0 Å². The normalized spacial score (nSPS) is 11.6. The quantitative estimate of drug-likeness (QED) is 0.773. The first-order valence-corrected chi connectivity index (χ1v) is 6.75. The predicted octanol–water partition coefficient (Wildman–Crippen LogP) is 2.12. The first-order valence-electron chi connectivity index (χ1n) is 6.75. The number of benzene rings is 1. The second-order valence-electron chi connectivity index (χ2n) is 4.58. The highest BCUT2D eigenvalue weighted by molar-refractivity contribution is 5.85. The maximum Gasteiger partial charge on any atom is 0.224 e. The number of halogens is 1. The van der Waals surface area contributed by atoms with Crippen LogP contribution in [0.3, 0.4) is 0 Å². The van der Waals surface area contributed by atoms with E-state index in [9.17, 15) is 4.79 Å². The van der Waals surface area contributed by atoms with E-state index in [1.54, 1.807) is 0 Å². The predicted molar refractivity (Wildman–Crippen MR) is 84.0 cm³/mol. The fourth-order valence-electron chi connectivity index (χ4n) is 1.84. The van der Waals surface area contributed by atoms with Crippen molar-refractivity contribution < 1.29 is 9.53 Å². The van der Waals surface area contributed by atoms with Crippen molar-refractivity contribution in [2.45, 2.75) is 27.0 Å². The zero-order valence-corrected chi connectivity index (χ0v) is 13.3. The van der Waals surface area contributed by atoms with Gasteiger partial charge in [-0.15, -0.1) is 12.4 Å². The summed E-state index contributed by atoms with van der Waals surface area (Å²) in [6, 6.07) is 8.03. The molecule has 0 aliphatic heterocycles. The van der Waals surface area contributed by atoms with E-state index >= 15 is 0 Å². The third-order valence-corrected chi connectivity index (χ3v) is 2.99. The second kappa shape index (κ2) is 10.7. The third-order valence-electron chi connectivity index (χ3n) is 2.99. The average molecular weight is 301 g/mol. The van der Waals surface area contributed by atoms with Crippen molar-refractivity contribution in [1.82, 2.24) is 10.6 Å². The minimum Gasteiger partial charge on any atom is -0.377 e. The van der Waals surface area contributed by atoms with E-state index in [2.05, 4.69) is 10.6 Å². The van der Waals surface area contributed by atoms with Crippen molar-refractivity contribution in [3.63, 3.8) is 0 Å². The summed E-state index contributed by atoms with van der Waals surface area (Å²) in [5, 5.41) is 5.97. The molecule has 1 aromatic carbocycles. The third kappa shape index (κ3) is 6.37. The average Bonchev–Trinajstić information content (AvgIpc) is 2.43. The van der Waals surface area contributed by atoms with Gasteiger partial charge in [-0.3, -0.25) is 4.79 Å². The Bertz CT molecular complexity index is 399. The van der Waals surface area contributed by atoms with E-state index in [-0.39, 0.29) is 24.2 Å². The fraction of sp³-hybridized carbons (Fsp3) is 0.533. The van der Waals surface area contributed by atoms with Crippen LogP contribution in [0.15, 0.2) is 24.3 Å². The van der Waals surface area contributed by atoms with Crippen molar-refractivity contribution in [2.75, 3.05) is 20.2 Å². The zero-order valence-electron chi connectivity index (χ0n) is 12.4. The lowest BCUT2D eigenvalue weighted by molar-refractivity contribution is -0.124. The number of rotatable bonds is 8. The number of amides is 1. The van der Waals surface area contributed by atoms with Crippen LogP contribution in [-0.4, -0.2) is 26.1 Å². The Balaban J connectivity index is 0.00000361. The van der Waals surface area contributed by atoms with E-state index in [4.69, 9.17) is 4.74 Å². The maximum atomic E-state index is 11.8. The topological polar surface area (TPSA) is 50.4 Å². The lowest BCUT2D eigenvalue weighted by Gasteiger charge is -2.14. The van der Waals surface area contributed by atoms with Crippen LogP contribution in [0.25, 0.3) is 0 Å². The Morgan fingerprint density at radius 1 is 1.30 bits per heavy atom. The molecule has 1 amide bonds. The van der Waals surface area contributed by atoms with Crippen LogP contribution in [0.5, 0.6) is 0 Å². The van der Waals surface area contributed by atoms with Crippen molar-refractivity contribution >= 4 is 18.3 Å². The summed E-state index contributed by atoms with van der Waals surface area (Å²) >= 11 is 0. The van der Waals surface area contributed by atoms with Gasteiger partial charge in [-0.1, -0.05) is 31.2 Å². The standard InChI is InChI=1S/C15H24N2O2.ClH/c1-4-19-11-14-8-6-5-7-13(14)10-17-15(18)12(2)9-16-3;/h5-8,12,16H,4,9-11H2,1-3H3,(H,17,18);1H. The molecule has 0 fully saturated rings. The van der Waals surface area contributed by atoms with E-state index in [1.165, 1.54) is 0 Å². The highest BCUT2D eigenvalue weighted by Gasteiger charge is 2.11. The van der Waals surface area contributed by atoms with Crippen molar-refractivity contribution in [1.29, 1.82) is 0 Å². The number of nitrogens with one attached hydrogen (secondary N) is 2. The van der Waals surface area contributed by atoms with Crippen LogP contribution in [0.2, 0.25) is 0 Å². The maximum absolute atomic E-state index is 11.8. The first kappa shape index (κ1) is 18.9. The molecule has 1 atom stereocenters. The molecular weight excluding hydrogens is 276 g/mol. The molecule has 0 saturated heterocycles.